The molecule has 0 aliphatic carbocycles. The average Bonchev–Trinajstić information content (AvgIpc) is 1.84. The molecule has 0 aromatic rings. The Bertz CT molecular complexity index is 150. The van der Waals surface area contributed by atoms with E-state index in [0.717, 1.165) is 0 Å². The summed E-state index contributed by atoms with van der Waals surface area (Å²) in [6.45, 7) is 2.96. The zero-order valence-electron chi connectivity index (χ0n) is 5.67. The van der Waals surface area contributed by atoms with Gasteiger partial charge in [-0.2, -0.15) is 0 Å². The lowest BCUT2D eigenvalue weighted by Crippen LogP contribution is -1.98. The Labute approximate surface area is 53.3 Å². The van der Waals surface area contributed by atoms with E-state index in [1.807, 2.05) is 0 Å². The Morgan fingerprint density at radius 2 is 2.00 bits per heavy atom. The van der Waals surface area contributed by atoms with Gasteiger partial charge in [0.1, 0.15) is 0 Å². The lowest BCUT2D eigenvalue weighted by molar-refractivity contribution is -0.427. The monoisotopic (exact) mass is 131 g/mol. The standard InChI is InChI=1S/C5H9NO3/c1-4(6(7)8)5(2)9-3/h1-3H3/b5-4-. The van der Waals surface area contributed by atoms with Gasteiger partial charge in [0.2, 0.25) is 0 Å². The number of methoxy groups -OCH3 is 1. The molecule has 0 spiro atoms. The molecule has 0 unspecified atom stereocenters. The van der Waals surface area contributed by atoms with Crippen molar-refractivity contribution in [2.45, 2.75) is 13.8 Å². The van der Waals surface area contributed by atoms with Crippen LogP contribution in [0, 0.1) is 10.1 Å². The van der Waals surface area contributed by atoms with Crippen LogP contribution in [0.25, 0.3) is 0 Å². The van der Waals surface area contributed by atoms with Crippen molar-refractivity contribution >= 4 is 0 Å². The summed E-state index contributed by atoms with van der Waals surface area (Å²) < 4.78 is 4.61. The molecule has 0 aliphatic heterocycles. The molecule has 0 fully saturated rings. The molecule has 0 atom stereocenters. The third-order valence-electron chi connectivity index (χ3n) is 1.09. The van der Waals surface area contributed by atoms with Crippen LogP contribution in [0.15, 0.2) is 11.5 Å². The molecular weight excluding hydrogens is 122 g/mol. The summed E-state index contributed by atoms with van der Waals surface area (Å²) >= 11 is 0. The van der Waals surface area contributed by atoms with Gasteiger partial charge >= 0.3 is 0 Å². The number of hydrogen-bond acceptors (Lipinski definition) is 3. The molecule has 0 bridgehead atoms. The zero-order valence-corrected chi connectivity index (χ0v) is 5.67. The summed E-state index contributed by atoms with van der Waals surface area (Å²) in [6.07, 6.45) is 0. The first-order valence-corrected chi connectivity index (χ1v) is 2.45. The topological polar surface area (TPSA) is 52.4 Å². The fourth-order valence-corrected chi connectivity index (χ4v) is 0.276. The van der Waals surface area contributed by atoms with E-state index in [4.69, 9.17) is 0 Å². The smallest absolute Gasteiger partial charge is 0.280 e. The molecule has 0 aliphatic rings. The van der Waals surface area contributed by atoms with Gasteiger partial charge in [0.15, 0.2) is 5.76 Å². The molecular formula is C5H9NO3. The van der Waals surface area contributed by atoms with Crippen LogP contribution in [0.3, 0.4) is 0 Å². The summed E-state index contributed by atoms with van der Waals surface area (Å²) in [5, 5.41) is 9.97. The van der Waals surface area contributed by atoms with Crippen LogP contribution < -0.4 is 0 Å². The number of nitrogens with zero attached hydrogens (tertiary/aromatic N) is 1. The zero-order chi connectivity index (χ0) is 7.44. The molecule has 0 saturated carbocycles. The largest absolute Gasteiger partial charge is 0.495 e. The van der Waals surface area contributed by atoms with Crippen molar-refractivity contribution in [2.24, 2.45) is 0 Å². The van der Waals surface area contributed by atoms with Crippen LogP contribution in [0.5, 0.6) is 0 Å². The Hall–Kier alpha value is -1.06. The summed E-state index contributed by atoms with van der Waals surface area (Å²) in [5.74, 6) is 0.347. The minimum absolute atomic E-state index is 0.0532. The van der Waals surface area contributed by atoms with Crippen LogP contribution >= 0.6 is 0 Å². The maximum atomic E-state index is 9.97. The number of nitro groups is 1. The second-order valence-corrected chi connectivity index (χ2v) is 1.60. The first-order valence-electron chi connectivity index (χ1n) is 2.45. The Morgan fingerprint density at radius 3 is 2.11 bits per heavy atom. The molecule has 4 nitrogen and oxygen atoms in total. The fraction of sp³-hybridized carbons (Fsp3) is 0.600. The van der Waals surface area contributed by atoms with Gasteiger partial charge in [-0.1, -0.05) is 0 Å². The van der Waals surface area contributed by atoms with Crippen molar-refractivity contribution in [3.05, 3.63) is 21.6 Å². The maximum absolute atomic E-state index is 9.97. The van der Waals surface area contributed by atoms with Gasteiger partial charge in [0, 0.05) is 6.92 Å². The van der Waals surface area contributed by atoms with Crippen LogP contribution in [-0.4, -0.2) is 12.0 Å². The van der Waals surface area contributed by atoms with Gasteiger partial charge < -0.3 is 4.74 Å². The normalized spacial score (nSPS) is 12.3. The van der Waals surface area contributed by atoms with Gasteiger partial charge in [-0.25, -0.2) is 0 Å². The number of ether oxygens (including phenoxy) is 1. The number of allylic oxidation sites excluding steroid dienone is 2. The van der Waals surface area contributed by atoms with Crippen molar-refractivity contribution in [3.63, 3.8) is 0 Å². The molecule has 0 aromatic carbocycles. The van der Waals surface area contributed by atoms with Gasteiger partial charge in [-0.15, -0.1) is 0 Å². The van der Waals surface area contributed by atoms with Crippen molar-refractivity contribution < 1.29 is 9.66 Å². The van der Waals surface area contributed by atoms with Crippen LogP contribution in [0.4, 0.5) is 0 Å². The van der Waals surface area contributed by atoms with Crippen LogP contribution in [-0.2, 0) is 4.74 Å². The molecule has 0 aromatic heterocycles. The SMILES string of the molecule is CO/C(C)=C(/C)[N+](=O)[O-]. The van der Waals surface area contributed by atoms with E-state index >= 15 is 0 Å². The quantitative estimate of drug-likeness (QED) is 0.321. The van der Waals surface area contributed by atoms with Gasteiger partial charge in [-0.3, -0.25) is 10.1 Å². The summed E-state index contributed by atoms with van der Waals surface area (Å²) in [5.41, 5.74) is 0.0532. The highest BCUT2D eigenvalue weighted by Crippen LogP contribution is 2.02. The van der Waals surface area contributed by atoms with E-state index in [9.17, 15) is 10.1 Å². The van der Waals surface area contributed by atoms with E-state index in [1.54, 1.807) is 6.92 Å². The Balaban J connectivity index is 4.28. The molecule has 52 valence electrons. The predicted molar refractivity (Wildman–Crippen MR) is 32.4 cm³/mol. The minimum atomic E-state index is -0.473. The van der Waals surface area contributed by atoms with Crippen molar-refractivity contribution in [1.29, 1.82) is 0 Å². The number of rotatable bonds is 2. The first-order chi connectivity index (χ1) is 4.09. The predicted octanol–water partition coefficient (Wildman–Crippen LogP) is 1.16. The number of hydrogen-bond donors (Lipinski definition) is 0. The van der Waals surface area contributed by atoms with Gasteiger partial charge in [0.05, 0.1) is 12.0 Å². The third-order valence-corrected chi connectivity index (χ3v) is 1.09. The van der Waals surface area contributed by atoms with E-state index in [1.165, 1.54) is 14.0 Å². The molecule has 0 saturated heterocycles. The van der Waals surface area contributed by atoms with Gasteiger partial charge in [0.25, 0.3) is 5.70 Å². The van der Waals surface area contributed by atoms with Crippen LogP contribution in [0.2, 0.25) is 0 Å². The Kier molecular flexibility index (Phi) is 2.70. The third kappa shape index (κ3) is 2.12. The summed E-state index contributed by atoms with van der Waals surface area (Å²) in [4.78, 5) is 9.49. The van der Waals surface area contributed by atoms with Gasteiger partial charge in [-0.05, 0) is 6.92 Å². The lowest BCUT2D eigenvalue weighted by atomic mass is 10.4. The minimum Gasteiger partial charge on any atom is -0.495 e. The van der Waals surface area contributed by atoms with Crippen molar-refractivity contribution in [1.82, 2.24) is 0 Å². The van der Waals surface area contributed by atoms with E-state index in [0.29, 0.717) is 5.76 Å². The van der Waals surface area contributed by atoms with E-state index in [-0.39, 0.29) is 5.70 Å². The van der Waals surface area contributed by atoms with Crippen LogP contribution in [0.1, 0.15) is 13.8 Å². The molecule has 0 rings (SSSR count). The molecule has 0 N–H and O–H groups in total. The molecule has 0 amide bonds. The average molecular weight is 131 g/mol. The highest BCUT2D eigenvalue weighted by molar-refractivity contribution is 4.92. The second kappa shape index (κ2) is 3.06. The second-order valence-electron chi connectivity index (χ2n) is 1.60. The molecule has 4 heteroatoms. The molecule has 9 heavy (non-hydrogen) atoms. The summed E-state index contributed by atoms with van der Waals surface area (Å²) in [7, 11) is 1.41. The lowest BCUT2D eigenvalue weighted by Gasteiger charge is -1.96. The van der Waals surface area contributed by atoms with Crippen molar-refractivity contribution in [3.8, 4) is 0 Å². The maximum Gasteiger partial charge on any atom is 0.280 e. The fourth-order valence-electron chi connectivity index (χ4n) is 0.276. The molecule has 0 heterocycles. The Morgan fingerprint density at radius 1 is 1.56 bits per heavy atom. The highest BCUT2D eigenvalue weighted by Gasteiger charge is 2.06. The highest BCUT2D eigenvalue weighted by atomic mass is 16.6. The molecule has 0 radical (unpaired) electrons. The van der Waals surface area contributed by atoms with E-state index in [2.05, 4.69) is 4.74 Å². The first kappa shape index (κ1) is 7.94. The summed E-state index contributed by atoms with van der Waals surface area (Å²) in [6, 6.07) is 0. The van der Waals surface area contributed by atoms with E-state index < -0.39 is 4.92 Å². The van der Waals surface area contributed by atoms with Crippen molar-refractivity contribution in [2.75, 3.05) is 7.11 Å².